The molecule has 15 aromatic rings. The van der Waals surface area contributed by atoms with Crippen LogP contribution >= 0.6 is 0 Å². The summed E-state index contributed by atoms with van der Waals surface area (Å²) in [7, 11) is 0. The smallest absolute Gasteiger partial charge is 0.252 e. The van der Waals surface area contributed by atoms with Crippen molar-refractivity contribution in [3.05, 3.63) is 304 Å². The van der Waals surface area contributed by atoms with Gasteiger partial charge in [-0.2, -0.15) is 0 Å². The van der Waals surface area contributed by atoms with E-state index in [9.17, 15) is 0 Å². The highest BCUT2D eigenvalue weighted by molar-refractivity contribution is 7.00. The van der Waals surface area contributed by atoms with Gasteiger partial charge in [0, 0.05) is 77.9 Å². The summed E-state index contributed by atoms with van der Waals surface area (Å²) in [6, 6.07) is 100.0. The van der Waals surface area contributed by atoms with Crippen LogP contribution in [0.5, 0.6) is 0 Å². The fourth-order valence-corrected chi connectivity index (χ4v) is 22.2. The minimum absolute atomic E-state index is 0.0295. The highest BCUT2D eigenvalue weighted by Crippen LogP contribution is 2.57. The number of nitrogens with zero attached hydrogens (tertiary/aromatic N) is 4. The summed E-state index contributed by atoms with van der Waals surface area (Å²) in [6.07, 6.45) is 7.59. The molecule has 0 aliphatic carbocycles. The van der Waals surface area contributed by atoms with Gasteiger partial charge < -0.3 is 18.9 Å². The van der Waals surface area contributed by atoms with Crippen molar-refractivity contribution in [1.29, 1.82) is 0 Å². The molecule has 0 amide bonds. The third-order valence-electron chi connectivity index (χ3n) is 27.4. The fourth-order valence-electron chi connectivity index (χ4n) is 22.2. The fraction of sp³-hybridized carbons (Fsp3) is 0.400. The lowest BCUT2D eigenvalue weighted by Gasteiger charge is -2.47. The largest absolute Gasteiger partial charge is 0.310 e. The molecule has 698 valence electrons. The molecule has 0 spiro atoms. The molecule has 0 saturated carbocycles. The van der Waals surface area contributed by atoms with Crippen LogP contribution in [-0.4, -0.2) is 15.8 Å². The van der Waals surface area contributed by atoms with Gasteiger partial charge in [0.2, 0.25) is 0 Å². The molecule has 2 aromatic heterocycles. The molecule has 4 nitrogen and oxygen atoms in total. The minimum Gasteiger partial charge on any atom is -0.310 e. The van der Waals surface area contributed by atoms with E-state index in [1.165, 1.54) is 200 Å². The quantitative estimate of drug-likeness (QED) is 0.0897. The van der Waals surface area contributed by atoms with E-state index in [0.29, 0.717) is 0 Å². The summed E-state index contributed by atoms with van der Waals surface area (Å²) in [5.41, 5.74) is 41.8. The van der Waals surface area contributed by atoms with E-state index < -0.39 is 5.41 Å². The third-order valence-corrected chi connectivity index (χ3v) is 27.4. The van der Waals surface area contributed by atoms with Crippen LogP contribution in [0, 0.1) is 43.3 Å². The standard InChI is InChI=1S/C130H155BN4/c1-120(2,3)74-82-38-34-42-90(58-82)99-66-94(128(25,26)27)67-100(91-43-35-39-83(59-91)75-121(4,5)6)118(99)134-113-72-97(132-109-54-46-86(78-124(13,14)15)62-103(109)104-63-87(47-55-110(104)132)79-125(16,17)18)50-52-107(113)131-108-53-51-98(133-111-56-48-88(80-126(19,20)21)64-105(111)106-65-89(49-57-112(106)133)81-127(22,23)24)73-114(108)135(116-71-96(130(31,32)33)70-115(134)117(116)131)119-101(92-44-36-40-84(60-92)76-122(7,8)9)68-95(129(28,29)30)69-102(119)93-45-37-41-85(61-93)77-123(10,11)12/h34-73H,74-81H2,1-33H3. The summed E-state index contributed by atoms with van der Waals surface area (Å²) in [5.74, 6) is 0. The van der Waals surface area contributed by atoms with Crippen LogP contribution < -0.4 is 26.2 Å². The second kappa shape index (κ2) is 34.1. The lowest BCUT2D eigenvalue weighted by molar-refractivity contribution is 0.411. The van der Waals surface area contributed by atoms with Crippen LogP contribution in [-0.2, 0) is 67.6 Å². The first-order valence-corrected chi connectivity index (χ1v) is 50.6. The lowest BCUT2D eigenvalue weighted by Crippen LogP contribution is -2.61. The molecule has 0 atom stereocenters. The van der Waals surface area contributed by atoms with Gasteiger partial charge in [-0.15, -0.1) is 0 Å². The first-order chi connectivity index (χ1) is 62.7. The van der Waals surface area contributed by atoms with Gasteiger partial charge in [0.25, 0.3) is 6.71 Å². The maximum absolute atomic E-state index is 2.86. The van der Waals surface area contributed by atoms with Gasteiger partial charge in [0.1, 0.15) is 0 Å². The van der Waals surface area contributed by atoms with E-state index in [2.05, 4.69) is 490 Å². The monoisotopic (exact) mass is 1780 g/mol. The van der Waals surface area contributed by atoms with E-state index >= 15 is 0 Å². The summed E-state index contributed by atoms with van der Waals surface area (Å²) in [6.45, 7) is 78.9. The Balaban J connectivity index is 1.09. The Hall–Kier alpha value is -10.9. The summed E-state index contributed by atoms with van der Waals surface area (Å²) >= 11 is 0. The van der Waals surface area contributed by atoms with Gasteiger partial charge in [0.15, 0.2) is 0 Å². The van der Waals surface area contributed by atoms with Gasteiger partial charge in [-0.25, -0.2) is 0 Å². The molecule has 0 fully saturated rings. The Kier molecular flexibility index (Phi) is 24.2. The molecular formula is C130H155BN4. The Morgan fingerprint density at radius 2 is 0.430 bits per heavy atom. The first kappa shape index (κ1) is 95.8. The van der Waals surface area contributed by atoms with E-state index in [-0.39, 0.29) is 60.9 Å². The van der Waals surface area contributed by atoms with Gasteiger partial charge in [-0.1, -0.05) is 362 Å². The van der Waals surface area contributed by atoms with Gasteiger partial charge >= 0.3 is 0 Å². The molecule has 0 saturated heterocycles. The van der Waals surface area contributed by atoms with Crippen molar-refractivity contribution in [1.82, 2.24) is 9.13 Å². The highest BCUT2D eigenvalue weighted by atomic mass is 15.2. The van der Waals surface area contributed by atoms with Crippen molar-refractivity contribution in [2.75, 3.05) is 9.80 Å². The summed E-state index contributed by atoms with van der Waals surface area (Å²) < 4.78 is 5.27. The minimum atomic E-state index is -0.390. The number of rotatable bonds is 16. The van der Waals surface area contributed by atoms with Crippen LogP contribution in [0.4, 0.5) is 34.1 Å². The summed E-state index contributed by atoms with van der Waals surface area (Å²) in [5, 5.41) is 5.17. The van der Waals surface area contributed by atoms with Crippen molar-refractivity contribution in [2.24, 2.45) is 43.3 Å². The van der Waals surface area contributed by atoms with Crippen LogP contribution in [0.2, 0.25) is 0 Å². The molecule has 0 bridgehead atoms. The molecular weight excluding hydrogens is 1630 g/mol. The Labute approximate surface area is 813 Å². The van der Waals surface area contributed by atoms with E-state index in [1.807, 2.05) is 0 Å². The SMILES string of the molecule is CC(C)(C)Cc1cccc(-c2cc(C(C)(C)C)cc(-c3cccc(CC(C)(C)C)c3)c2N2c3cc(-n4c5ccc(CC(C)(C)C)cc5c5cc(CC(C)(C)C)ccc54)ccc3B3c4ccc(-n5c6ccc(CC(C)(C)C)cc6c6cc(CC(C)(C)C)ccc65)cc4N(c4c(-c5cccc(CC(C)(C)C)c5)cc(C(C)(C)C)cc4-c4cccc(CC(C)(C)C)c4)c4cc(C(C)(C)C)cc2c43)c1. The van der Waals surface area contributed by atoms with E-state index in [4.69, 9.17) is 0 Å². The Morgan fingerprint density at radius 1 is 0.207 bits per heavy atom. The lowest BCUT2D eigenvalue weighted by atomic mass is 9.33. The molecule has 5 heteroatoms. The third kappa shape index (κ3) is 20.5. The van der Waals surface area contributed by atoms with Crippen LogP contribution in [0.3, 0.4) is 0 Å². The maximum Gasteiger partial charge on any atom is 0.252 e. The molecule has 135 heavy (non-hydrogen) atoms. The molecule has 0 N–H and O–H groups in total. The molecule has 2 aliphatic rings. The maximum atomic E-state index is 2.86. The normalized spacial score (nSPS) is 13.9. The Bertz CT molecular complexity index is 6390. The van der Waals surface area contributed by atoms with Crippen molar-refractivity contribution >= 4 is 101 Å². The van der Waals surface area contributed by atoms with Crippen LogP contribution in [0.25, 0.3) is 99.5 Å². The number of hydrogen-bond acceptors (Lipinski definition) is 2. The molecule has 13 aromatic carbocycles. The molecule has 2 aliphatic heterocycles. The molecule has 4 heterocycles. The van der Waals surface area contributed by atoms with Crippen molar-refractivity contribution in [2.45, 2.75) is 296 Å². The van der Waals surface area contributed by atoms with Gasteiger partial charge in [-0.3, -0.25) is 0 Å². The summed E-state index contributed by atoms with van der Waals surface area (Å²) in [4.78, 5) is 5.72. The number of aromatic nitrogens is 2. The zero-order valence-electron chi connectivity index (χ0n) is 88.6. The number of benzene rings is 13. The van der Waals surface area contributed by atoms with Gasteiger partial charge in [0.05, 0.1) is 33.4 Å². The topological polar surface area (TPSA) is 16.3 Å². The zero-order valence-corrected chi connectivity index (χ0v) is 88.6. The Morgan fingerprint density at radius 3 is 0.652 bits per heavy atom. The second-order valence-corrected chi connectivity index (χ2v) is 53.9. The van der Waals surface area contributed by atoms with Gasteiger partial charge in [-0.05, 0) is 320 Å². The number of fused-ring (bicyclic) bond motifs is 10. The van der Waals surface area contributed by atoms with Crippen LogP contribution in [0.1, 0.15) is 290 Å². The zero-order chi connectivity index (χ0) is 97.3. The average Bonchev–Trinajstić information content (AvgIpc) is 0.875. The number of anilines is 6. The molecule has 17 rings (SSSR count). The predicted octanol–water partition coefficient (Wildman–Crippen LogP) is 35.2. The highest BCUT2D eigenvalue weighted by Gasteiger charge is 2.47. The van der Waals surface area contributed by atoms with Crippen molar-refractivity contribution < 1.29 is 0 Å². The molecule has 0 radical (unpaired) electrons. The predicted molar refractivity (Wildman–Crippen MR) is 592 cm³/mol. The average molecular weight is 1780 g/mol. The van der Waals surface area contributed by atoms with Crippen molar-refractivity contribution in [3.8, 4) is 55.9 Å². The first-order valence-electron chi connectivity index (χ1n) is 50.6. The van der Waals surface area contributed by atoms with E-state index in [0.717, 1.165) is 62.7 Å². The van der Waals surface area contributed by atoms with Crippen LogP contribution in [0.15, 0.2) is 243 Å². The van der Waals surface area contributed by atoms with Crippen molar-refractivity contribution in [3.63, 3.8) is 0 Å². The number of hydrogen-bond donors (Lipinski definition) is 0. The molecule has 0 unspecified atom stereocenters. The second-order valence-electron chi connectivity index (χ2n) is 53.9. The van der Waals surface area contributed by atoms with E-state index in [1.54, 1.807) is 0 Å².